The van der Waals surface area contributed by atoms with Gasteiger partial charge in [-0.15, -0.1) is 0 Å². The smallest absolute Gasteiger partial charge is 0.239 e. The molecule has 0 radical (unpaired) electrons. The normalized spacial score (nSPS) is 17.0. The number of benzene rings is 1. The highest BCUT2D eigenvalue weighted by atomic mass is 32.2. The number of nitrogens with zero attached hydrogens (tertiary/aromatic N) is 1. The van der Waals surface area contributed by atoms with Crippen LogP contribution in [0.25, 0.3) is 0 Å². The van der Waals surface area contributed by atoms with Crippen molar-refractivity contribution in [2.45, 2.75) is 36.0 Å². The topological polar surface area (TPSA) is 128 Å². The number of piperidine rings is 1. The lowest BCUT2D eigenvalue weighted by atomic mass is 10.1. The van der Waals surface area contributed by atoms with Gasteiger partial charge in [-0.05, 0) is 44.0 Å². The summed E-state index contributed by atoms with van der Waals surface area (Å²) in [4.78, 5) is 13.8. The van der Waals surface area contributed by atoms with Gasteiger partial charge in [0, 0.05) is 25.8 Å². The van der Waals surface area contributed by atoms with Crippen LogP contribution in [0.5, 0.6) is 0 Å². The fourth-order valence-electron chi connectivity index (χ4n) is 2.80. The highest BCUT2D eigenvalue weighted by Gasteiger charge is 2.33. The molecule has 1 fully saturated rings. The highest BCUT2D eigenvalue weighted by molar-refractivity contribution is 7.92. The van der Waals surface area contributed by atoms with Gasteiger partial charge in [0.25, 0.3) is 0 Å². The summed E-state index contributed by atoms with van der Waals surface area (Å²) in [6.07, 6.45) is 0.816. The summed E-state index contributed by atoms with van der Waals surface area (Å²) in [6, 6.07) is 5.78. The van der Waals surface area contributed by atoms with Crippen molar-refractivity contribution in [2.24, 2.45) is 5.73 Å². The minimum Gasteiger partial charge on any atom is -0.359 e. The first-order valence-corrected chi connectivity index (χ1v) is 9.72. The average molecular weight is 367 g/mol. The molecule has 1 amide bonds. The highest BCUT2D eigenvalue weighted by Crippen LogP contribution is 2.25. The van der Waals surface area contributed by atoms with Gasteiger partial charge in [0.15, 0.2) is 15.8 Å². The molecule has 9 heteroatoms. The van der Waals surface area contributed by atoms with Gasteiger partial charge in [0.1, 0.15) is 0 Å². The van der Waals surface area contributed by atoms with E-state index in [0.29, 0.717) is 31.6 Å². The van der Waals surface area contributed by atoms with E-state index in [2.05, 4.69) is 10.6 Å². The van der Waals surface area contributed by atoms with Crippen LogP contribution < -0.4 is 16.4 Å². The number of amides is 1. The molecular weight excluding hydrogens is 342 g/mol. The van der Waals surface area contributed by atoms with Gasteiger partial charge in [-0.25, -0.2) is 8.42 Å². The van der Waals surface area contributed by atoms with Crippen molar-refractivity contribution in [3.05, 3.63) is 24.3 Å². The summed E-state index contributed by atoms with van der Waals surface area (Å²) < 4.78 is 25.6. The second kappa shape index (κ2) is 7.83. The fraction of sp³-hybridized carbons (Fsp3) is 0.500. The Bertz CT molecular complexity index is 723. The summed E-state index contributed by atoms with van der Waals surface area (Å²) in [5.41, 5.74) is 6.24. The molecule has 1 aliphatic heterocycles. The van der Waals surface area contributed by atoms with Gasteiger partial charge in [0.2, 0.25) is 5.91 Å². The van der Waals surface area contributed by atoms with Crippen LogP contribution in [0.15, 0.2) is 29.2 Å². The van der Waals surface area contributed by atoms with Crippen molar-refractivity contribution in [1.29, 1.82) is 5.41 Å². The van der Waals surface area contributed by atoms with Gasteiger partial charge in [-0.1, -0.05) is 0 Å². The number of guanidine groups is 1. The number of nitrogens with one attached hydrogen (secondary N) is 3. The minimum absolute atomic E-state index is 0.127. The van der Waals surface area contributed by atoms with Crippen LogP contribution in [-0.4, -0.2) is 56.6 Å². The van der Waals surface area contributed by atoms with Gasteiger partial charge < -0.3 is 21.3 Å². The van der Waals surface area contributed by atoms with Crippen molar-refractivity contribution in [3.63, 3.8) is 0 Å². The van der Waals surface area contributed by atoms with Gasteiger partial charge in [0.05, 0.1) is 16.2 Å². The van der Waals surface area contributed by atoms with E-state index in [9.17, 15) is 13.2 Å². The molecule has 0 aromatic heterocycles. The molecule has 1 heterocycles. The average Bonchev–Trinajstić information content (AvgIpc) is 2.61. The van der Waals surface area contributed by atoms with Gasteiger partial charge >= 0.3 is 0 Å². The Morgan fingerprint density at radius 2 is 1.84 bits per heavy atom. The molecule has 0 spiro atoms. The Kier molecular flexibility index (Phi) is 6.02. The number of nitrogens with two attached hydrogens (primary N) is 1. The molecule has 1 aromatic rings. The molecule has 0 unspecified atom stereocenters. The Labute approximate surface area is 148 Å². The van der Waals surface area contributed by atoms with E-state index in [-0.39, 0.29) is 16.8 Å². The maximum Gasteiger partial charge on any atom is 0.239 e. The maximum atomic E-state index is 12.8. The van der Waals surface area contributed by atoms with Crippen LogP contribution >= 0.6 is 0 Å². The second-order valence-electron chi connectivity index (χ2n) is 6.13. The SMILES string of the molecule is CNC(=N)Nc1ccc(S(=O)(=O)C2CCN(C(=O)[C@H](C)N)CC2)cc1. The van der Waals surface area contributed by atoms with E-state index in [0.717, 1.165) is 0 Å². The zero-order valence-corrected chi connectivity index (χ0v) is 15.3. The predicted octanol–water partition coefficient (Wildman–Crippen LogP) is 0.365. The Balaban J connectivity index is 2.04. The van der Waals surface area contributed by atoms with E-state index in [1.807, 2.05) is 0 Å². The standard InChI is InChI=1S/C16H25N5O3S/c1-11(17)15(22)21-9-7-14(8-10-21)25(23,24)13-5-3-12(4-6-13)20-16(18)19-2/h3-6,11,14H,7-10,17H2,1-2H3,(H3,18,19,20)/t11-/m0/s1. The van der Waals surface area contributed by atoms with Crippen LogP contribution in [0.2, 0.25) is 0 Å². The van der Waals surface area contributed by atoms with E-state index < -0.39 is 21.1 Å². The van der Waals surface area contributed by atoms with Gasteiger partial charge in [-0.2, -0.15) is 0 Å². The van der Waals surface area contributed by atoms with Crippen LogP contribution in [0.3, 0.4) is 0 Å². The van der Waals surface area contributed by atoms with Crippen LogP contribution in [0.1, 0.15) is 19.8 Å². The van der Waals surface area contributed by atoms with E-state index in [1.165, 1.54) is 0 Å². The number of sulfone groups is 1. The van der Waals surface area contributed by atoms with Crippen molar-refractivity contribution >= 4 is 27.4 Å². The third-order valence-corrected chi connectivity index (χ3v) is 6.56. The zero-order valence-electron chi connectivity index (χ0n) is 14.5. The second-order valence-corrected chi connectivity index (χ2v) is 8.36. The Morgan fingerprint density at radius 3 is 2.32 bits per heavy atom. The lowest BCUT2D eigenvalue weighted by Gasteiger charge is -2.32. The summed E-state index contributed by atoms with van der Waals surface area (Å²) >= 11 is 0. The molecule has 25 heavy (non-hydrogen) atoms. The zero-order chi connectivity index (χ0) is 18.6. The third kappa shape index (κ3) is 4.49. The van der Waals surface area contributed by atoms with Crippen molar-refractivity contribution in [2.75, 3.05) is 25.5 Å². The molecule has 8 nitrogen and oxygen atoms in total. The molecule has 1 aliphatic rings. The first-order chi connectivity index (χ1) is 11.8. The van der Waals surface area contributed by atoms with Crippen LogP contribution in [0.4, 0.5) is 5.69 Å². The molecule has 0 saturated carbocycles. The minimum atomic E-state index is -3.45. The number of rotatable bonds is 4. The van der Waals surface area contributed by atoms with E-state index in [4.69, 9.17) is 11.1 Å². The summed E-state index contributed by atoms with van der Waals surface area (Å²) in [6.45, 7) is 2.45. The first kappa shape index (κ1) is 19.2. The monoisotopic (exact) mass is 367 g/mol. The van der Waals surface area contributed by atoms with Crippen molar-refractivity contribution < 1.29 is 13.2 Å². The molecule has 0 bridgehead atoms. The first-order valence-electron chi connectivity index (χ1n) is 8.17. The molecular formula is C16H25N5O3S. The van der Waals surface area contributed by atoms with Crippen molar-refractivity contribution in [1.82, 2.24) is 10.2 Å². The Morgan fingerprint density at radius 1 is 1.28 bits per heavy atom. The van der Waals surface area contributed by atoms with E-state index in [1.54, 1.807) is 43.1 Å². The predicted molar refractivity (Wildman–Crippen MR) is 97.3 cm³/mol. The fourth-order valence-corrected chi connectivity index (χ4v) is 4.53. The molecule has 0 aliphatic carbocycles. The molecule has 1 saturated heterocycles. The van der Waals surface area contributed by atoms with Gasteiger partial charge in [-0.3, -0.25) is 10.2 Å². The summed E-state index contributed by atoms with van der Waals surface area (Å²) in [5, 5.41) is 12.5. The number of anilines is 1. The molecule has 5 N–H and O–H groups in total. The quantitative estimate of drug-likeness (QED) is 0.449. The molecule has 1 aromatic carbocycles. The lowest BCUT2D eigenvalue weighted by molar-refractivity contribution is -0.133. The number of hydrogen-bond donors (Lipinski definition) is 4. The van der Waals surface area contributed by atoms with E-state index >= 15 is 0 Å². The largest absolute Gasteiger partial charge is 0.359 e. The number of carbonyl (C=O) groups excluding carboxylic acids is 1. The van der Waals surface area contributed by atoms with Crippen molar-refractivity contribution in [3.8, 4) is 0 Å². The number of carbonyl (C=O) groups is 1. The van der Waals surface area contributed by atoms with Crippen LogP contribution in [0, 0.1) is 5.41 Å². The number of hydrogen-bond acceptors (Lipinski definition) is 5. The maximum absolute atomic E-state index is 12.8. The summed E-state index contributed by atoms with van der Waals surface area (Å²) in [5.74, 6) is -0.0139. The number of likely N-dealkylation sites (tertiary alicyclic amines) is 1. The molecule has 138 valence electrons. The third-order valence-electron chi connectivity index (χ3n) is 4.28. The summed E-state index contributed by atoms with van der Waals surface area (Å²) in [7, 11) is -1.83. The van der Waals surface area contributed by atoms with Crippen LogP contribution in [-0.2, 0) is 14.6 Å². The Hall–Kier alpha value is -2.13. The molecule has 1 atom stereocenters. The molecule has 2 rings (SSSR count). The lowest BCUT2D eigenvalue weighted by Crippen LogP contribution is -2.48.